The van der Waals surface area contributed by atoms with E-state index in [-0.39, 0.29) is 12.4 Å². The maximum Gasteiger partial charge on any atom is 0.226 e. The summed E-state index contributed by atoms with van der Waals surface area (Å²) in [5.74, 6) is 1.06. The molecule has 0 N–H and O–H groups in total. The van der Waals surface area contributed by atoms with Gasteiger partial charge in [0.25, 0.3) is 0 Å². The molecule has 0 radical (unpaired) electrons. The lowest BCUT2D eigenvalue weighted by molar-refractivity contribution is 0.101. The molecule has 0 atom stereocenters. The van der Waals surface area contributed by atoms with Gasteiger partial charge in [0, 0.05) is 31.4 Å². The molecule has 0 amide bonds. The second-order valence-electron chi connectivity index (χ2n) is 5.93. The van der Waals surface area contributed by atoms with E-state index in [4.69, 9.17) is 9.15 Å². The highest BCUT2D eigenvalue weighted by Gasteiger charge is 2.12. The van der Waals surface area contributed by atoms with Crippen molar-refractivity contribution in [3.63, 3.8) is 0 Å². The number of carbonyl (C=O) groups excluding carboxylic acids is 1. The molecule has 5 heteroatoms. The van der Waals surface area contributed by atoms with Crippen molar-refractivity contribution in [2.45, 2.75) is 13.5 Å². The van der Waals surface area contributed by atoms with E-state index in [0.717, 1.165) is 11.3 Å². The number of oxazole rings is 1. The summed E-state index contributed by atoms with van der Waals surface area (Å²) in [6.45, 7) is 1.76. The Morgan fingerprint density at radius 1 is 1.16 bits per heavy atom. The molecule has 0 saturated heterocycles. The van der Waals surface area contributed by atoms with Crippen LogP contribution >= 0.6 is 0 Å². The predicted octanol–water partition coefficient (Wildman–Crippen LogP) is 4.19. The van der Waals surface area contributed by atoms with Crippen LogP contribution in [0.4, 0.5) is 5.69 Å². The van der Waals surface area contributed by atoms with E-state index in [1.807, 2.05) is 61.5 Å². The zero-order valence-corrected chi connectivity index (χ0v) is 14.5. The number of Topliss-reactive ketones (excluding diaryl/α,β-unsaturated/α-hetero) is 1. The molecule has 5 nitrogen and oxygen atoms in total. The van der Waals surface area contributed by atoms with Crippen LogP contribution in [-0.4, -0.2) is 24.9 Å². The maximum absolute atomic E-state index is 11.8. The highest BCUT2D eigenvalue weighted by Crippen LogP contribution is 2.26. The minimum atomic E-state index is -0.0366. The van der Waals surface area contributed by atoms with Gasteiger partial charge in [0.05, 0.1) is 5.56 Å². The van der Waals surface area contributed by atoms with Crippen molar-refractivity contribution in [2.75, 3.05) is 19.0 Å². The molecule has 25 heavy (non-hydrogen) atoms. The fourth-order valence-corrected chi connectivity index (χ4v) is 2.44. The SMILES string of the molecule is CC(=O)c1ccc(N(C)C)cc1OCc1coc(-c2ccccc2)n1. The maximum atomic E-state index is 11.8. The molecule has 0 aliphatic carbocycles. The standard InChI is InChI=1S/C20H20N2O3/c1-14(23)18-10-9-17(22(2)3)11-19(18)24-12-16-13-25-20(21-16)15-7-5-4-6-8-15/h4-11,13H,12H2,1-3H3. The van der Waals surface area contributed by atoms with Crippen molar-refractivity contribution in [1.29, 1.82) is 0 Å². The van der Waals surface area contributed by atoms with Crippen molar-refractivity contribution in [3.05, 3.63) is 66.1 Å². The molecular weight excluding hydrogens is 316 g/mol. The molecule has 1 heterocycles. The fourth-order valence-electron chi connectivity index (χ4n) is 2.44. The smallest absolute Gasteiger partial charge is 0.226 e. The quantitative estimate of drug-likeness (QED) is 0.632. The molecule has 1 aromatic heterocycles. The van der Waals surface area contributed by atoms with Gasteiger partial charge in [0.1, 0.15) is 24.3 Å². The van der Waals surface area contributed by atoms with Crippen molar-refractivity contribution in [3.8, 4) is 17.2 Å². The number of ketones is 1. The van der Waals surface area contributed by atoms with Gasteiger partial charge >= 0.3 is 0 Å². The van der Waals surface area contributed by atoms with Crippen molar-refractivity contribution in [2.24, 2.45) is 0 Å². The van der Waals surface area contributed by atoms with Gasteiger partial charge in [-0.15, -0.1) is 0 Å². The van der Waals surface area contributed by atoms with Gasteiger partial charge in [-0.25, -0.2) is 4.98 Å². The summed E-state index contributed by atoms with van der Waals surface area (Å²) >= 11 is 0. The van der Waals surface area contributed by atoms with E-state index >= 15 is 0 Å². The van der Waals surface area contributed by atoms with E-state index in [9.17, 15) is 4.79 Å². The number of benzene rings is 2. The third kappa shape index (κ3) is 3.88. The van der Waals surface area contributed by atoms with E-state index in [1.165, 1.54) is 6.92 Å². The largest absolute Gasteiger partial charge is 0.486 e. The van der Waals surface area contributed by atoms with Crippen LogP contribution in [0.25, 0.3) is 11.5 Å². The number of hydrogen-bond acceptors (Lipinski definition) is 5. The molecule has 0 spiro atoms. The first-order valence-electron chi connectivity index (χ1n) is 7.99. The lowest BCUT2D eigenvalue weighted by Crippen LogP contribution is -2.10. The summed E-state index contributed by atoms with van der Waals surface area (Å²) < 4.78 is 11.4. The van der Waals surface area contributed by atoms with Crippen LogP contribution < -0.4 is 9.64 Å². The van der Waals surface area contributed by atoms with Crippen LogP contribution in [0.2, 0.25) is 0 Å². The normalized spacial score (nSPS) is 10.5. The minimum absolute atomic E-state index is 0.0366. The van der Waals surface area contributed by atoms with Crippen LogP contribution in [0, 0.1) is 0 Å². The van der Waals surface area contributed by atoms with Gasteiger partial charge in [0.2, 0.25) is 5.89 Å². The van der Waals surface area contributed by atoms with Crippen LogP contribution in [0.5, 0.6) is 5.75 Å². The number of nitrogens with zero attached hydrogens (tertiary/aromatic N) is 2. The van der Waals surface area contributed by atoms with Crippen LogP contribution in [0.3, 0.4) is 0 Å². The minimum Gasteiger partial charge on any atom is -0.486 e. The molecule has 0 bridgehead atoms. The first kappa shape index (κ1) is 16.8. The second kappa shape index (κ2) is 7.21. The number of anilines is 1. The van der Waals surface area contributed by atoms with Gasteiger partial charge in [0.15, 0.2) is 5.78 Å². The molecule has 0 aliphatic heterocycles. The average Bonchev–Trinajstić information content (AvgIpc) is 3.09. The second-order valence-corrected chi connectivity index (χ2v) is 5.93. The fraction of sp³-hybridized carbons (Fsp3) is 0.200. The lowest BCUT2D eigenvalue weighted by atomic mass is 10.1. The molecule has 3 aromatic rings. The first-order chi connectivity index (χ1) is 12.0. The summed E-state index contributed by atoms with van der Waals surface area (Å²) in [6, 6.07) is 15.2. The Morgan fingerprint density at radius 3 is 2.60 bits per heavy atom. The van der Waals surface area contributed by atoms with E-state index in [0.29, 0.717) is 22.9 Å². The van der Waals surface area contributed by atoms with E-state index in [2.05, 4.69) is 4.98 Å². The molecule has 0 saturated carbocycles. The zero-order chi connectivity index (χ0) is 17.8. The number of hydrogen-bond donors (Lipinski definition) is 0. The lowest BCUT2D eigenvalue weighted by Gasteiger charge is -2.16. The summed E-state index contributed by atoms with van der Waals surface area (Å²) in [5, 5.41) is 0. The Balaban J connectivity index is 1.78. The Bertz CT molecular complexity index is 870. The Hall–Kier alpha value is -3.08. The number of carbonyl (C=O) groups is 1. The Morgan fingerprint density at radius 2 is 1.92 bits per heavy atom. The van der Waals surface area contributed by atoms with Crippen molar-refractivity contribution < 1.29 is 13.9 Å². The monoisotopic (exact) mass is 336 g/mol. The topological polar surface area (TPSA) is 55.6 Å². The average molecular weight is 336 g/mol. The Labute approximate surface area is 146 Å². The van der Waals surface area contributed by atoms with Gasteiger partial charge in [-0.05, 0) is 31.2 Å². The number of ether oxygens (including phenoxy) is 1. The molecule has 0 aliphatic rings. The van der Waals surface area contributed by atoms with Gasteiger partial charge in [-0.3, -0.25) is 4.79 Å². The van der Waals surface area contributed by atoms with Gasteiger partial charge < -0.3 is 14.1 Å². The predicted molar refractivity (Wildman–Crippen MR) is 97.0 cm³/mol. The summed E-state index contributed by atoms with van der Waals surface area (Å²) in [7, 11) is 3.88. The summed E-state index contributed by atoms with van der Waals surface area (Å²) in [6.07, 6.45) is 1.57. The molecular formula is C20H20N2O3. The van der Waals surface area contributed by atoms with Crippen molar-refractivity contribution in [1.82, 2.24) is 4.98 Å². The first-order valence-corrected chi connectivity index (χ1v) is 7.99. The van der Waals surface area contributed by atoms with E-state index < -0.39 is 0 Å². The Kier molecular flexibility index (Phi) is 4.84. The zero-order valence-electron chi connectivity index (χ0n) is 14.5. The van der Waals surface area contributed by atoms with Crippen LogP contribution in [0.1, 0.15) is 23.0 Å². The highest BCUT2D eigenvalue weighted by molar-refractivity contribution is 5.97. The third-order valence-corrected chi connectivity index (χ3v) is 3.81. The third-order valence-electron chi connectivity index (χ3n) is 3.81. The highest BCUT2D eigenvalue weighted by atomic mass is 16.5. The van der Waals surface area contributed by atoms with Crippen LogP contribution in [0.15, 0.2) is 59.2 Å². The van der Waals surface area contributed by atoms with Gasteiger partial charge in [-0.2, -0.15) is 0 Å². The molecule has 128 valence electrons. The van der Waals surface area contributed by atoms with Crippen LogP contribution in [-0.2, 0) is 6.61 Å². The van der Waals surface area contributed by atoms with E-state index in [1.54, 1.807) is 12.3 Å². The summed E-state index contributed by atoms with van der Waals surface area (Å²) in [4.78, 5) is 18.2. The summed E-state index contributed by atoms with van der Waals surface area (Å²) in [5.41, 5.74) is 3.10. The molecule has 3 rings (SSSR count). The number of rotatable bonds is 6. The molecule has 2 aromatic carbocycles. The molecule has 0 unspecified atom stereocenters. The van der Waals surface area contributed by atoms with Gasteiger partial charge in [-0.1, -0.05) is 18.2 Å². The molecule has 0 fully saturated rings. The van der Waals surface area contributed by atoms with Crippen molar-refractivity contribution >= 4 is 11.5 Å². The number of aromatic nitrogens is 1.